The first-order chi connectivity index (χ1) is 9.33. The second-order valence-corrected chi connectivity index (χ2v) is 4.07. The van der Waals surface area contributed by atoms with Crippen LogP contribution in [-0.4, -0.2) is 18.7 Å². The van der Waals surface area contributed by atoms with Gasteiger partial charge >= 0.3 is 0 Å². The molecule has 2 rings (SSSR count). The summed E-state index contributed by atoms with van der Waals surface area (Å²) >= 11 is 0. The number of anilines is 2. The lowest BCUT2D eigenvalue weighted by Crippen LogP contribution is -2.00. The molecule has 0 aliphatic heterocycles. The molecule has 0 saturated heterocycles. The van der Waals surface area contributed by atoms with Crippen molar-refractivity contribution in [2.24, 2.45) is 0 Å². The zero-order valence-corrected chi connectivity index (χ0v) is 10.8. The molecule has 0 fully saturated rings. The Labute approximate surface area is 112 Å². The molecule has 19 heavy (non-hydrogen) atoms. The number of nitrogens with one attached hydrogen (secondary N) is 1. The third-order valence-electron chi connectivity index (χ3n) is 2.75. The van der Waals surface area contributed by atoms with Crippen LogP contribution in [-0.2, 0) is 11.2 Å². The maximum atomic E-state index is 8.71. The summed E-state index contributed by atoms with van der Waals surface area (Å²) in [5, 5.41) is 12.0. The van der Waals surface area contributed by atoms with Crippen LogP contribution >= 0.6 is 0 Å². The van der Waals surface area contributed by atoms with Gasteiger partial charge in [0.05, 0.1) is 18.5 Å². The van der Waals surface area contributed by atoms with Crippen LogP contribution in [0.4, 0.5) is 11.4 Å². The summed E-state index contributed by atoms with van der Waals surface area (Å²) in [6, 6.07) is 13.6. The number of rotatable bonds is 5. The highest BCUT2D eigenvalue weighted by atomic mass is 16.5. The van der Waals surface area contributed by atoms with Gasteiger partial charge in [0.15, 0.2) is 0 Å². The van der Waals surface area contributed by atoms with Crippen LogP contribution in [0.2, 0.25) is 0 Å². The van der Waals surface area contributed by atoms with Gasteiger partial charge in [0.25, 0.3) is 0 Å². The number of para-hydroxylation sites is 1. The van der Waals surface area contributed by atoms with Crippen molar-refractivity contribution in [2.45, 2.75) is 6.42 Å². The number of hydrogen-bond donors (Lipinski definition) is 1. The summed E-state index contributed by atoms with van der Waals surface area (Å²) in [4.78, 5) is 4.04. The zero-order valence-electron chi connectivity index (χ0n) is 10.8. The molecule has 96 valence electrons. The predicted molar refractivity (Wildman–Crippen MR) is 74.3 cm³/mol. The van der Waals surface area contributed by atoms with E-state index in [4.69, 9.17) is 10.00 Å². The minimum absolute atomic E-state index is 0.415. The lowest BCUT2D eigenvalue weighted by atomic mass is 10.1. The fourth-order valence-electron chi connectivity index (χ4n) is 1.76. The highest BCUT2D eigenvalue weighted by molar-refractivity contribution is 5.62. The molecule has 2 aromatic rings. The number of aromatic nitrogens is 1. The average Bonchev–Trinajstić information content (AvgIpc) is 2.47. The monoisotopic (exact) mass is 253 g/mol. The van der Waals surface area contributed by atoms with Crippen molar-refractivity contribution in [2.75, 3.05) is 19.0 Å². The van der Waals surface area contributed by atoms with Gasteiger partial charge in [-0.3, -0.25) is 0 Å². The normalized spacial score (nSPS) is 9.89. The quantitative estimate of drug-likeness (QED) is 0.890. The van der Waals surface area contributed by atoms with E-state index >= 15 is 0 Å². The van der Waals surface area contributed by atoms with Gasteiger partial charge in [-0.15, -0.1) is 0 Å². The molecule has 0 bridgehead atoms. The molecule has 0 atom stereocenters. The molecule has 1 aromatic heterocycles. The molecule has 0 spiro atoms. The predicted octanol–water partition coefficient (Wildman–Crippen LogP) is 2.89. The van der Waals surface area contributed by atoms with Crippen molar-refractivity contribution >= 4 is 11.4 Å². The summed E-state index contributed by atoms with van der Waals surface area (Å²) in [5.41, 5.74) is 3.50. The molecule has 0 amide bonds. The van der Waals surface area contributed by atoms with Crippen LogP contribution in [0.5, 0.6) is 0 Å². The standard InChI is InChI=1S/C15H15N3O/c1-19-9-8-12-4-2-3-5-15(12)18-14-7-6-13(10-16)17-11-14/h2-7,11,18H,8-9H2,1H3. The summed E-state index contributed by atoms with van der Waals surface area (Å²) < 4.78 is 5.11. The first-order valence-corrected chi connectivity index (χ1v) is 6.03. The van der Waals surface area contributed by atoms with Crippen LogP contribution in [0.25, 0.3) is 0 Å². The van der Waals surface area contributed by atoms with E-state index in [0.717, 1.165) is 17.8 Å². The minimum Gasteiger partial charge on any atom is -0.384 e. The van der Waals surface area contributed by atoms with Gasteiger partial charge in [-0.25, -0.2) is 4.98 Å². The zero-order chi connectivity index (χ0) is 13.5. The Hall–Kier alpha value is -2.38. The number of hydrogen-bond acceptors (Lipinski definition) is 4. The molecule has 4 heteroatoms. The number of nitriles is 1. The van der Waals surface area contributed by atoms with Gasteiger partial charge in [0.2, 0.25) is 0 Å². The lowest BCUT2D eigenvalue weighted by Gasteiger charge is -2.11. The van der Waals surface area contributed by atoms with Crippen LogP contribution in [0.15, 0.2) is 42.6 Å². The van der Waals surface area contributed by atoms with Crippen LogP contribution in [0, 0.1) is 11.3 Å². The van der Waals surface area contributed by atoms with E-state index in [9.17, 15) is 0 Å². The Balaban J connectivity index is 2.15. The number of pyridine rings is 1. The second kappa shape index (κ2) is 6.53. The Bertz CT molecular complexity index is 573. The van der Waals surface area contributed by atoms with Crippen molar-refractivity contribution in [3.05, 3.63) is 53.9 Å². The summed E-state index contributed by atoms with van der Waals surface area (Å²) in [6.07, 6.45) is 2.51. The van der Waals surface area contributed by atoms with E-state index in [1.807, 2.05) is 30.3 Å². The summed E-state index contributed by atoms with van der Waals surface area (Å²) in [7, 11) is 1.70. The Morgan fingerprint density at radius 2 is 2.11 bits per heavy atom. The van der Waals surface area contributed by atoms with Gasteiger partial charge in [-0.2, -0.15) is 5.26 Å². The first kappa shape index (κ1) is 13.1. The van der Waals surface area contributed by atoms with Gasteiger partial charge in [-0.1, -0.05) is 18.2 Å². The maximum Gasteiger partial charge on any atom is 0.140 e. The number of nitrogens with zero attached hydrogens (tertiary/aromatic N) is 2. The third-order valence-corrected chi connectivity index (χ3v) is 2.75. The Morgan fingerprint density at radius 1 is 1.26 bits per heavy atom. The largest absolute Gasteiger partial charge is 0.384 e. The number of ether oxygens (including phenoxy) is 1. The smallest absolute Gasteiger partial charge is 0.140 e. The maximum absolute atomic E-state index is 8.71. The van der Waals surface area contributed by atoms with E-state index in [1.165, 1.54) is 5.56 Å². The van der Waals surface area contributed by atoms with Crippen molar-refractivity contribution in [3.63, 3.8) is 0 Å². The topological polar surface area (TPSA) is 57.9 Å². The highest BCUT2D eigenvalue weighted by Gasteiger charge is 2.02. The highest BCUT2D eigenvalue weighted by Crippen LogP contribution is 2.20. The van der Waals surface area contributed by atoms with Crippen LogP contribution in [0.1, 0.15) is 11.3 Å². The Kier molecular flexibility index (Phi) is 4.49. The molecule has 0 radical (unpaired) electrons. The minimum atomic E-state index is 0.415. The molecular weight excluding hydrogens is 238 g/mol. The van der Waals surface area contributed by atoms with E-state index in [0.29, 0.717) is 12.3 Å². The van der Waals surface area contributed by atoms with Gasteiger partial charge in [0, 0.05) is 12.8 Å². The van der Waals surface area contributed by atoms with E-state index in [-0.39, 0.29) is 0 Å². The molecule has 1 heterocycles. The fourth-order valence-corrected chi connectivity index (χ4v) is 1.76. The molecule has 0 aliphatic rings. The SMILES string of the molecule is COCCc1ccccc1Nc1ccc(C#N)nc1. The van der Waals surface area contributed by atoms with E-state index in [1.54, 1.807) is 19.4 Å². The van der Waals surface area contributed by atoms with E-state index < -0.39 is 0 Å². The summed E-state index contributed by atoms with van der Waals surface area (Å²) in [6.45, 7) is 0.685. The molecule has 1 N–H and O–H groups in total. The van der Waals surface area contributed by atoms with Gasteiger partial charge in [-0.05, 0) is 30.2 Å². The molecule has 0 aliphatic carbocycles. The second-order valence-electron chi connectivity index (χ2n) is 4.07. The fraction of sp³-hybridized carbons (Fsp3) is 0.200. The molecule has 1 aromatic carbocycles. The summed E-state index contributed by atoms with van der Waals surface area (Å²) in [5.74, 6) is 0. The Morgan fingerprint density at radius 3 is 2.79 bits per heavy atom. The number of methoxy groups -OCH3 is 1. The third kappa shape index (κ3) is 3.54. The molecule has 4 nitrogen and oxygen atoms in total. The molecule has 0 unspecified atom stereocenters. The van der Waals surface area contributed by atoms with Gasteiger partial charge < -0.3 is 10.1 Å². The molecular formula is C15H15N3O. The van der Waals surface area contributed by atoms with Gasteiger partial charge in [0.1, 0.15) is 11.8 Å². The van der Waals surface area contributed by atoms with Crippen molar-refractivity contribution in [3.8, 4) is 6.07 Å². The van der Waals surface area contributed by atoms with Crippen molar-refractivity contribution in [1.29, 1.82) is 5.26 Å². The number of benzene rings is 1. The van der Waals surface area contributed by atoms with Crippen LogP contribution < -0.4 is 5.32 Å². The van der Waals surface area contributed by atoms with Crippen molar-refractivity contribution in [1.82, 2.24) is 4.98 Å². The first-order valence-electron chi connectivity index (χ1n) is 6.03. The lowest BCUT2D eigenvalue weighted by molar-refractivity contribution is 0.202. The average molecular weight is 253 g/mol. The van der Waals surface area contributed by atoms with Crippen LogP contribution in [0.3, 0.4) is 0 Å². The van der Waals surface area contributed by atoms with E-state index in [2.05, 4.69) is 16.4 Å². The molecule has 0 saturated carbocycles. The van der Waals surface area contributed by atoms with Crippen molar-refractivity contribution < 1.29 is 4.74 Å².